The first kappa shape index (κ1) is 26.4. The van der Waals surface area contributed by atoms with Crippen molar-refractivity contribution >= 4 is 52.8 Å². The molecule has 0 spiro atoms. The quantitative estimate of drug-likeness (QED) is 0.344. The summed E-state index contributed by atoms with van der Waals surface area (Å²) < 4.78 is 17.8. The molecule has 36 heavy (non-hydrogen) atoms. The van der Waals surface area contributed by atoms with Crippen LogP contribution in [0.25, 0.3) is 33.6 Å². The molecule has 3 aromatic heterocycles. The van der Waals surface area contributed by atoms with Gasteiger partial charge in [-0.2, -0.15) is 0 Å². The van der Waals surface area contributed by atoms with Crippen molar-refractivity contribution in [3.63, 3.8) is 0 Å². The minimum atomic E-state index is 0. The second-order valence-corrected chi connectivity index (χ2v) is 8.88. The number of ether oxygens (including phenoxy) is 2. The van der Waals surface area contributed by atoms with E-state index in [1.807, 2.05) is 36.4 Å². The second kappa shape index (κ2) is 12.1. The van der Waals surface area contributed by atoms with Crippen LogP contribution < -0.4 is 9.64 Å². The standard InChI is InChI=1S/C26H29N5O3.2ClH/c1-2-10-30(11-3-1)12-17-33-20-7-4-6-19(18-20)24-28-22-21-8-5-9-27-26(21)34-23(22)25(29-24)31-13-15-32-16-14-31;;/h4-9,18H,1-3,10-17H2;2*1H. The number of nitrogens with zero attached hydrogens (tertiary/aromatic N) is 5. The Kier molecular flexibility index (Phi) is 8.85. The highest BCUT2D eigenvalue weighted by Crippen LogP contribution is 2.34. The molecule has 2 aliphatic rings. The molecule has 0 amide bonds. The van der Waals surface area contributed by atoms with Gasteiger partial charge in [0.15, 0.2) is 17.2 Å². The number of halogens is 2. The average Bonchev–Trinajstić information content (AvgIpc) is 3.28. The molecule has 0 saturated carbocycles. The first-order chi connectivity index (χ1) is 16.8. The number of piperidine rings is 1. The Morgan fingerprint density at radius 2 is 1.75 bits per heavy atom. The van der Waals surface area contributed by atoms with Crippen LogP contribution >= 0.6 is 24.8 Å². The van der Waals surface area contributed by atoms with Gasteiger partial charge in [0.25, 0.3) is 0 Å². The van der Waals surface area contributed by atoms with Crippen LogP contribution in [0.1, 0.15) is 19.3 Å². The van der Waals surface area contributed by atoms with E-state index in [4.69, 9.17) is 23.9 Å². The molecule has 2 aliphatic heterocycles. The summed E-state index contributed by atoms with van der Waals surface area (Å²) in [5.74, 6) is 2.28. The lowest BCUT2D eigenvalue weighted by Crippen LogP contribution is -2.37. The van der Waals surface area contributed by atoms with Crippen molar-refractivity contribution in [2.24, 2.45) is 0 Å². The fraction of sp³-hybridized carbons (Fsp3) is 0.423. The minimum Gasteiger partial charge on any atom is -0.492 e. The minimum absolute atomic E-state index is 0. The highest BCUT2D eigenvalue weighted by molar-refractivity contribution is 6.05. The molecule has 0 N–H and O–H groups in total. The number of pyridine rings is 1. The zero-order chi connectivity index (χ0) is 22.7. The van der Waals surface area contributed by atoms with Crippen molar-refractivity contribution in [3.05, 3.63) is 42.6 Å². The second-order valence-electron chi connectivity index (χ2n) is 8.88. The molecular weight excluding hydrogens is 501 g/mol. The van der Waals surface area contributed by atoms with Gasteiger partial charge >= 0.3 is 0 Å². The third-order valence-electron chi connectivity index (χ3n) is 6.60. The maximum absolute atomic E-state index is 6.11. The molecule has 1 aromatic carbocycles. The number of furan rings is 1. The van der Waals surface area contributed by atoms with Crippen LogP contribution in [0.4, 0.5) is 5.82 Å². The summed E-state index contributed by atoms with van der Waals surface area (Å²) in [4.78, 5) is 19.0. The molecular formula is C26H31Cl2N5O3. The SMILES string of the molecule is Cl.Cl.c1cc(OCCN2CCCCC2)cc(-c2nc(N3CCOCC3)c3oc4ncccc4c3n2)c1. The Balaban J connectivity index is 0.00000152. The molecule has 4 aromatic rings. The molecule has 0 radical (unpaired) electrons. The Morgan fingerprint density at radius 3 is 2.58 bits per heavy atom. The van der Waals surface area contributed by atoms with E-state index in [0.717, 1.165) is 47.7 Å². The molecule has 0 aliphatic carbocycles. The summed E-state index contributed by atoms with van der Waals surface area (Å²) in [7, 11) is 0. The van der Waals surface area contributed by atoms with Gasteiger partial charge < -0.3 is 18.8 Å². The molecule has 8 nitrogen and oxygen atoms in total. The lowest BCUT2D eigenvalue weighted by atomic mass is 10.1. The monoisotopic (exact) mass is 531 g/mol. The van der Waals surface area contributed by atoms with E-state index in [-0.39, 0.29) is 24.8 Å². The summed E-state index contributed by atoms with van der Waals surface area (Å²) in [5.41, 5.74) is 2.96. The summed E-state index contributed by atoms with van der Waals surface area (Å²) >= 11 is 0. The highest BCUT2D eigenvalue weighted by Gasteiger charge is 2.23. The Hall–Kier alpha value is -2.65. The number of rotatable bonds is 6. The van der Waals surface area contributed by atoms with Crippen molar-refractivity contribution in [3.8, 4) is 17.1 Å². The van der Waals surface area contributed by atoms with E-state index in [1.165, 1.54) is 32.4 Å². The third-order valence-corrected chi connectivity index (χ3v) is 6.60. The predicted molar refractivity (Wildman–Crippen MR) is 146 cm³/mol. The van der Waals surface area contributed by atoms with E-state index in [9.17, 15) is 0 Å². The van der Waals surface area contributed by atoms with Crippen molar-refractivity contribution in [1.29, 1.82) is 0 Å². The smallest absolute Gasteiger partial charge is 0.229 e. The Bertz CT molecular complexity index is 1290. The van der Waals surface area contributed by atoms with E-state index in [0.29, 0.717) is 36.9 Å². The van der Waals surface area contributed by atoms with Crippen molar-refractivity contribution < 1.29 is 13.9 Å². The van der Waals surface area contributed by atoms with Gasteiger partial charge in [-0.3, -0.25) is 4.90 Å². The summed E-state index contributed by atoms with van der Waals surface area (Å²) in [6.45, 7) is 6.84. The maximum atomic E-state index is 6.11. The van der Waals surface area contributed by atoms with Gasteiger partial charge in [-0.1, -0.05) is 18.6 Å². The average molecular weight is 532 g/mol. The molecule has 2 saturated heterocycles. The number of anilines is 1. The normalized spacial score (nSPS) is 16.5. The van der Waals surface area contributed by atoms with Gasteiger partial charge in [0.05, 0.1) is 18.6 Å². The Morgan fingerprint density at radius 1 is 0.917 bits per heavy atom. The van der Waals surface area contributed by atoms with Gasteiger partial charge in [-0.15, -0.1) is 24.8 Å². The van der Waals surface area contributed by atoms with Crippen LogP contribution in [0.3, 0.4) is 0 Å². The van der Waals surface area contributed by atoms with Crippen LogP contribution in [-0.4, -0.2) is 72.4 Å². The lowest BCUT2D eigenvalue weighted by molar-refractivity contribution is 0.122. The van der Waals surface area contributed by atoms with E-state index in [1.54, 1.807) is 6.20 Å². The number of aromatic nitrogens is 3. The number of hydrogen-bond donors (Lipinski definition) is 0. The van der Waals surface area contributed by atoms with Gasteiger partial charge in [0.1, 0.15) is 17.9 Å². The largest absolute Gasteiger partial charge is 0.492 e. The maximum Gasteiger partial charge on any atom is 0.229 e. The van der Waals surface area contributed by atoms with Gasteiger partial charge in [-0.05, 0) is 50.2 Å². The third kappa shape index (κ3) is 5.52. The van der Waals surface area contributed by atoms with E-state index >= 15 is 0 Å². The first-order valence-corrected chi connectivity index (χ1v) is 12.2. The first-order valence-electron chi connectivity index (χ1n) is 12.2. The molecule has 10 heteroatoms. The zero-order valence-electron chi connectivity index (χ0n) is 20.1. The number of benzene rings is 1. The Labute approximate surface area is 222 Å². The van der Waals surface area contributed by atoms with Crippen molar-refractivity contribution in [1.82, 2.24) is 19.9 Å². The zero-order valence-corrected chi connectivity index (χ0v) is 21.7. The molecule has 0 bridgehead atoms. The molecule has 0 atom stereocenters. The van der Waals surface area contributed by atoms with E-state index in [2.05, 4.69) is 14.8 Å². The topological polar surface area (TPSA) is 76.8 Å². The fourth-order valence-corrected chi connectivity index (χ4v) is 4.78. The summed E-state index contributed by atoms with van der Waals surface area (Å²) in [6, 6.07) is 12.0. The molecule has 6 rings (SSSR count). The predicted octanol–water partition coefficient (Wildman–Crippen LogP) is 4.98. The van der Waals surface area contributed by atoms with Crippen molar-refractivity contribution in [2.75, 3.05) is 57.4 Å². The van der Waals surface area contributed by atoms with Gasteiger partial charge in [-0.25, -0.2) is 15.0 Å². The lowest BCUT2D eigenvalue weighted by Gasteiger charge is -2.27. The van der Waals surface area contributed by atoms with Crippen LogP contribution in [-0.2, 0) is 4.74 Å². The van der Waals surface area contributed by atoms with Gasteiger partial charge in [0.2, 0.25) is 5.71 Å². The van der Waals surface area contributed by atoms with Crippen LogP contribution in [0.15, 0.2) is 47.0 Å². The van der Waals surface area contributed by atoms with Crippen LogP contribution in [0.2, 0.25) is 0 Å². The summed E-state index contributed by atoms with van der Waals surface area (Å²) in [5, 5.41) is 0.893. The van der Waals surface area contributed by atoms with Crippen LogP contribution in [0.5, 0.6) is 5.75 Å². The molecule has 5 heterocycles. The van der Waals surface area contributed by atoms with Crippen LogP contribution in [0, 0.1) is 0 Å². The highest BCUT2D eigenvalue weighted by atomic mass is 35.5. The molecule has 0 unspecified atom stereocenters. The number of hydrogen-bond acceptors (Lipinski definition) is 8. The van der Waals surface area contributed by atoms with Gasteiger partial charge in [0, 0.05) is 31.4 Å². The van der Waals surface area contributed by atoms with E-state index < -0.39 is 0 Å². The number of morpholine rings is 1. The molecule has 2 fully saturated rings. The van der Waals surface area contributed by atoms with Crippen molar-refractivity contribution in [2.45, 2.75) is 19.3 Å². The number of fused-ring (bicyclic) bond motifs is 3. The number of likely N-dealkylation sites (tertiary alicyclic amines) is 1. The summed E-state index contributed by atoms with van der Waals surface area (Å²) in [6.07, 6.45) is 5.66. The fourth-order valence-electron chi connectivity index (χ4n) is 4.78. The molecule has 192 valence electrons.